The molecule has 0 bridgehead atoms. The topological polar surface area (TPSA) is 72.4 Å². The molecule has 2 aromatic heterocycles. The highest BCUT2D eigenvalue weighted by atomic mass is 19.2. The zero-order chi connectivity index (χ0) is 18.4. The first-order valence-corrected chi connectivity index (χ1v) is 8.13. The summed E-state index contributed by atoms with van der Waals surface area (Å²) in [7, 11) is 0. The van der Waals surface area contributed by atoms with Crippen LogP contribution in [-0.2, 0) is 12.8 Å². The molecule has 1 atom stereocenters. The number of hydrazine groups is 1. The first-order chi connectivity index (χ1) is 12.5. The van der Waals surface area contributed by atoms with Crippen LogP contribution in [0.2, 0.25) is 0 Å². The van der Waals surface area contributed by atoms with Crippen molar-refractivity contribution in [1.29, 1.82) is 0 Å². The second kappa shape index (κ2) is 6.14. The number of amides is 1. The number of hydrogen-bond donors (Lipinski definition) is 2. The van der Waals surface area contributed by atoms with Crippen molar-refractivity contribution in [3.05, 3.63) is 70.4 Å². The van der Waals surface area contributed by atoms with Gasteiger partial charge >= 0.3 is 0 Å². The molecular weight excluding hydrogens is 345 g/mol. The number of carbonyl (C=O) groups is 1. The molecule has 2 heterocycles. The third kappa shape index (κ3) is 2.62. The number of rotatable bonds is 2. The molecule has 0 saturated heterocycles. The number of imidazole rings is 1. The molecule has 1 aromatic carbocycles. The largest absolute Gasteiger partial charge is 0.304 e. The highest BCUT2D eigenvalue weighted by Gasteiger charge is 2.27. The molecule has 3 aromatic rings. The molecule has 1 aliphatic carbocycles. The number of carbonyl (C=O) groups excluding carboxylic acids is 1. The Kier molecular flexibility index (Phi) is 3.91. The molecule has 8 heteroatoms. The molecule has 4 rings (SSSR count). The molecule has 26 heavy (non-hydrogen) atoms. The highest BCUT2D eigenvalue weighted by molar-refractivity contribution is 5.94. The van der Waals surface area contributed by atoms with Gasteiger partial charge in [0.15, 0.2) is 11.6 Å². The summed E-state index contributed by atoms with van der Waals surface area (Å²) in [5.41, 5.74) is 4.93. The van der Waals surface area contributed by atoms with Gasteiger partial charge in [-0.05, 0) is 48.9 Å². The Hall–Kier alpha value is -2.87. The minimum atomic E-state index is -1.19. The van der Waals surface area contributed by atoms with Crippen molar-refractivity contribution in [1.82, 2.24) is 14.8 Å². The summed E-state index contributed by atoms with van der Waals surface area (Å²) in [5.74, 6) is 1.44. The second-order valence-corrected chi connectivity index (χ2v) is 6.35. The smallest absolute Gasteiger partial charge is 0.265 e. The quantitative estimate of drug-likeness (QED) is 0.319. The molecule has 1 aliphatic rings. The van der Waals surface area contributed by atoms with Gasteiger partial charge in [-0.25, -0.2) is 24.0 Å². The standard InChI is InChI=1S/C18H15F3N4O/c19-12-8-14(21)13(20)7-11(12)9-1-2-16-15(5-9)23-17-6-10(18(26)24-22)3-4-25(16)17/h3-4,6-9H,1-2,5,22H2,(H,24,26). The molecule has 0 saturated carbocycles. The van der Waals surface area contributed by atoms with Crippen molar-refractivity contribution < 1.29 is 18.0 Å². The van der Waals surface area contributed by atoms with Gasteiger partial charge in [0.1, 0.15) is 11.5 Å². The maximum absolute atomic E-state index is 14.1. The maximum atomic E-state index is 14.1. The Balaban J connectivity index is 1.71. The van der Waals surface area contributed by atoms with Crippen LogP contribution in [0.3, 0.4) is 0 Å². The minimum absolute atomic E-state index is 0.162. The summed E-state index contributed by atoms with van der Waals surface area (Å²) in [6.07, 6.45) is 3.36. The molecule has 0 aliphatic heterocycles. The number of nitrogens with zero attached hydrogens (tertiary/aromatic N) is 2. The zero-order valence-corrected chi connectivity index (χ0v) is 13.6. The van der Waals surface area contributed by atoms with Crippen molar-refractivity contribution in [2.24, 2.45) is 5.84 Å². The van der Waals surface area contributed by atoms with Crippen molar-refractivity contribution in [2.75, 3.05) is 0 Å². The van der Waals surface area contributed by atoms with Crippen molar-refractivity contribution in [2.45, 2.75) is 25.2 Å². The van der Waals surface area contributed by atoms with Gasteiger partial charge in [0.2, 0.25) is 0 Å². The fourth-order valence-corrected chi connectivity index (χ4v) is 3.56. The molecule has 134 valence electrons. The lowest BCUT2D eigenvalue weighted by Crippen LogP contribution is -2.30. The van der Waals surface area contributed by atoms with Crippen LogP contribution in [0.25, 0.3) is 5.65 Å². The van der Waals surface area contributed by atoms with Gasteiger partial charge in [-0.3, -0.25) is 10.2 Å². The fraction of sp³-hybridized carbons (Fsp3) is 0.222. The van der Waals surface area contributed by atoms with E-state index in [-0.39, 0.29) is 11.5 Å². The van der Waals surface area contributed by atoms with E-state index < -0.39 is 23.4 Å². The third-order valence-electron chi connectivity index (χ3n) is 4.85. The molecule has 1 unspecified atom stereocenters. The van der Waals surface area contributed by atoms with Gasteiger partial charge < -0.3 is 4.40 Å². The average Bonchev–Trinajstić information content (AvgIpc) is 3.00. The van der Waals surface area contributed by atoms with Crippen molar-refractivity contribution in [3.63, 3.8) is 0 Å². The van der Waals surface area contributed by atoms with E-state index in [1.54, 1.807) is 18.3 Å². The summed E-state index contributed by atoms with van der Waals surface area (Å²) < 4.78 is 42.7. The number of aryl methyl sites for hydroxylation is 1. The lowest BCUT2D eigenvalue weighted by molar-refractivity contribution is 0.0953. The lowest BCUT2D eigenvalue weighted by Gasteiger charge is -2.22. The van der Waals surface area contributed by atoms with Gasteiger partial charge in [-0.2, -0.15) is 0 Å². The Morgan fingerprint density at radius 3 is 2.73 bits per heavy atom. The number of fused-ring (bicyclic) bond motifs is 3. The Morgan fingerprint density at radius 1 is 1.19 bits per heavy atom. The number of nitrogen functional groups attached to an aromatic ring is 1. The van der Waals surface area contributed by atoms with Crippen LogP contribution < -0.4 is 11.3 Å². The number of aromatic nitrogens is 2. The number of nitrogens with two attached hydrogens (primary N) is 1. The van der Waals surface area contributed by atoms with E-state index in [9.17, 15) is 18.0 Å². The molecule has 1 amide bonds. The van der Waals surface area contributed by atoms with Crippen LogP contribution in [0.15, 0.2) is 30.5 Å². The predicted octanol–water partition coefficient (Wildman–Crippen LogP) is 2.63. The van der Waals surface area contributed by atoms with E-state index in [4.69, 9.17) is 5.84 Å². The van der Waals surface area contributed by atoms with E-state index in [0.717, 1.165) is 17.5 Å². The van der Waals surface area contributed by atoms with Crippen LogP contribution >= 0.6 is 0 Å². The number of halogens is 3. The van der Waals surface area contributed by atoms with E-state index >= 15 is 0 Å². The number of nitrogens with one attached hydrogen (secondary N) is 1. The first kappa shape index (κ1) is 16.6. The van der Waals surface area contributed by atoms with Crippen molar-refractivity contribution in [3.8, 4) is 0 Å². The highest BCUT2D eigenvalue weighted by Crippen LogP contribution is 2.35. The minimum Gasteiger partial charge on any atom is -0.304 e. The molecule has 3 N–H and O–H groups in total. The second-order valence-electron chi connectivity index (χ2n) is 6.35. The molecule has 5 nitrogen and oxygen atoms in total. The van der Waals surface area contributed by atoms with Gasteiger partial charge in [-0.15, -0.1) is 0 Å². The fourth-order valence-electron chi connectivity index (χ4n) is 3.56. The Bertz CT molecular complexity index is 1030. The summed E-state index contributed by atoms with van der Waals surface area (Å²) in [5, 5.41) is 0. The van der Waals surface area contributed by atoms with Gasteiger partial charge in [0, 0.05) is 23.5 Å². The molecule has 0 spiro atoms. The summed E-state index contributed by atoms with van der Waals surface area (Å²) in [6.45, 7) is 0. The van der Waals surface area contributed by atoms with Crippen LogP contribution in [0.4, 0.5) is 13.2 Å². The summed E-state index contributed by atoms with van der Waals surface area (Å²) in [6, 6.07) is 4.77. The van der Waals surface area contributed by atoms with Gasteiger partial charge in [0.25, 0.3) is 5.91 Å². The lowest BCUT2D eigenvalue weighted by atomic mass is 9.84. The van der Waals surface area contributed by atoms with E-state index in [0.29, 0.717) is 36.5 Å². The average molecular weight is 360 g/mol. The molecule has 0 radical (unpaired) electrons. The van der Waals surface area contributed by atoms with Gasteiger partial charge in [-0.1, -0.05) is 0 Å². The first-order valence-electron chi connectivity index (χ1n) is 8.13. The Labute approximate surface area is 146 Å². The maximum Gasteiger partial charge on any atom is 0.265 e. The molecule has 0 fully saturated rings. The zero-order valence-electron chi connectivity index (χ0n) is 13.6. The van der Waals surface area contributed by atoms with Crippen LogP contribution in [-0.4, -0.2) is 15.3 Å². The van der Waals surface area contributed by atoms with Gasteiger partial charge in [0.05, 0.1) is 5.69 Å². The number of benzene rings is 1. The van der Waals surface area contributed by atoms with Crippen molar-refractivity contribution >= 4 is 11.6 Å². The van der Waals surface area contributed by atoms with Crippen LogP contribution in [0.1, 0.15) is 39.6 Å². The number of hydrogen-bond acceptors (Lipinski definition) is 3. The van der Waals surface area contributed by atoms with Crippen LogP contribution in [0, 0.1) is 17.5 Å². The normalized spacial score (nSPS) is 16.5. The molecular formula is C18H15F3N4O. The Morgan fingerprint density at radius 2 is 1.96 bits per heavy atom. The monoisotopic (exact) mass is 360 g/mol. The summed E-state index contributed by atoms with van der Waals surface area (Å²) in [4.78, 5) is 16.2. The SMILES string of the molecule is NNC(=O)c1ccn2c3c(nc2c1)CC(c1cc(F)c(F)cc1F)CC3. The number of pyridine rings is 1. The van der Waals surface area contributed by atoms with E-state index in [2.05, 4.69) is 10.4 Å². The van der Waals surface area contributed by atoms with E-state index in [1.165, 1.54) is 0 Å². The van der Waals surface area contributed by atoms with Crippen LogP contribution in [0.5, 0.6) is 0 Å². The third-order valence-corrected chi connectivity index (χ3v) is 4.85. The van der Waals surface area contributed by atoms with E-state index in [1.807, 2.05) is 4.40 Å². The predicted molar refractivity (Wildman–Crippen MR) is 87.9 cm³/mol. The summed E-state index contributed by atoms with van der Waals surface area (Å²) >= 11 is 0.